The number of nitro groups is 1. The van der Waals surface area contributed by atoms with Crippen LogP contribution in [0.4, 0.5) is 24.7 Å². The summed E-state index contributed by atoms with van der Waals surface area (Å²) in [5.74, 6) is 0.160. The number of para-hydroxylation sites is 1. The van der Waals surface area contributed by atoms with Crippen molar-refractivity contribution in [2.24, 2.45) is 0 Å². The van der Waals surface area contributed by atoms with Crippen molar-refractivity contribution in [1.82, 2.24) is 10.3 Å². The van der Waals surface area contributed by atoms with Gasteiger partial charge in [-0.1, -0.05) is 18.2 Å². The predicted molar refractivity (Wildman–Crippen MR) is 99.4 cm³/mol. The fourth-order valence-corrected chi connectivity index (χ4v) is 3.28. The van der Waals surface area contributed by atoms with Crippen LogP contribution in [0.3, 0.4) is 0 Å². The van der Waals surface area contributed by atoms with Crippen molar-refractivity contribution < 1.29 is 22.9 Å². The quantitative estimate of drug-likeness (QED) is 0.606. The molecule has 2 heterocycles. The zero-order chi connectivity index (χ0) is 21.0. The van der Waals surface area contributed by atoms with E-state index in [-0.39, 0.29) is 24.1 Å². The second kappa shape index (κ2) is 8.46. The SMILES string of the molecule is O=C(Cc1ccccc1[N+](=O)[O-])NC1CCN(c2ccc(C(F)(F)F)cn2)CC1. The van der Waals surface area contributed by atoms with Crippen molar-refractivity contribution >= 4 is 17.4 Å². The Morgan fingerprint density at radius 2 is 1.90 bits per heavy atom. The number of nitro benzene ring substituents is 1. The van der Waals surface area contributed by atoms with Gasteiger partial charge in [-0.2, -0.15) is 13.2 Å². The highest BCUT2D eigenvalue weighted by atomic mass is 19.4. The highest BCUT2D eigenvalue weighted by Gasteiger charge is 2.31. The molecule has 0 saturated carbocycles. The summed E-state index contributed by atoms with van der Waals surface area (Å²) in [5.41, 5.74) is -0.536. The number of benzene rings is 1. The Hall–Kier alpha value is -3.17. The number of nitrogens with zero attached hydrogens (tertiary/aromatic N) is 3. The monoisotopic (exact) mass is 408 g/mol. The van der Waals surface area contributed by atoms with Crippen LogP contribution in [0.1, 0.15) is 24.0 Å². The molecule has 0 atom stereocenters. The van der Waals surface area contributed by atoms with Crippen LogP contribution in [0.2, 0.25) is 0 Å². The number of halogens is 3. The normalized spacial score (nSPS) is 15.2. The number of hydrogen-bond acceptors (Lipinski definition) is 5. The molecular formula is C19H19F3N4O3. The molecular weight excluding hydrogens is 389 g/mol. The Morgan fingerprint density at radius 1 is 1.21 bits per heavy atom. The fourth-order valence-electron chi connectivity index (χ4n) is 3.28. The number of pyridine rings is 1. The van der Waals surface area contributed by atoms with Crippen molar-refractivity contribution in [3.63, 3.8) is 0 Å². The van der Waals surface area contributed by atoms with Crippen molar-refractivity contribution in [3.05, 3.63) is 63.8 Å². The standard InChI is InChI=1S/C19H19F3N4O3/c20-19(21,22)14-5-6-17(23-12-14)25-9-7-15(8-10-25)24-18(27)11-13-3-1-2-4-16(13)26(28)29/h1-6,12,15H,7-11H2,(H,24,27). The maximum atomic E-state index is 12.6. The van der Waals surface area contributed by atoms with Crippen LogP contribution in [0, 0.1) is 10.1 Å². The molecule has 0 bridgehead atoms. The van der Waals surface area contributed by atoms with E-state index < -0.39 is 16.7 Å². The highest BCUT2D eigenvalue weighted by molar-refractivity contribution is 5.80. The van der Waals surface area contributed by atoms with Gasteiger partial charge in [0.2, 0.25) is 5.91 Å². The van der Waals surface area contributed by atoms with Crippen LogP contribution in [0.15, 0.2) is 42.6 Å². The van der Waals surface area contributed by atoms with Gasteiger partial charge in [0.1, 0.15) is 5.82 Å². The van der Waals surface area contributed by atoms with Gasteiger partial charge < -0.3 is 10.2 Å². The van der Waals surface area contributed by atoms with Crippen molar-refractivity contribution in [2.45, 2.75) is 31.5 Å². The van der Waals surface area contributed by atoms with E-state index in [1.165, 1.54) is 12.1 Å². The number of nitrogens with one attached hydrogen (secondary N) is 1. The largest absolute Gasteiger partial charge is 0.417 e. The number of rotatable bonds is 5. The van der Waals surface area contributed by atoms with Gasteiger partial charge in [-0.3, -0.25) is 14.9 Å². The maximum Gasteiger partial charge on any atom is 0.417 e. The first kappa shape index (κ1) is 20.6. The van der Waals surface area contributed by atoms with Crippen LogP contribution in [-0.4, -0.2) is 34.9 Å². The number of carbonyl (C=O) groups excluding carboxylic acids is 1. The van der Waals surface area contributed by atoms with Gasteiger partial charge in [-0.25, -0.2) is 4.98 Å². The molecule has 1 N–H and O–H groups in total. The smallest absolute Gasteiger partial charge is 0.356 e. The van der Waals surface area contributed by atoms with Crippen molar-refractivity contribution in [3.8, 4) is 0 Å². The number of alkyl halides is 3. The minimum absolute atomic E-state index is 0.0855. The molecule has 0 spiro atoms. The zero-order valence-corrected chi connectivity index (χ0v) is 15.4. The van der Waals surface area contributed by atoms with E-state index in [1.54, 1.807) is 18.2 Å². The van der Waals surface area contributed by atoms with E-state index in [9.17, 15) is 28.1 Å². The Kier molecular flexibility index (Phi) is 6.00. The van der Waals surface area contributed by atoms with E-state index in [0.29, 0.717) is 37.3 Å². The summed E-state index contributed by atoms with van der Waals surface area (Å²) in [7, 11) is 0. The van der Waals surface area contributed by atoms with E-state index in [4.69, 9.17) is 0 Å². The topological polar surface area (TPSA) is 88.4 Å². The third-order valence-electron chi connectivity index (χ3n) is 4.80. The van der Waals surface area contributed by atoms with Crippen molar-refractivity contribution in [2.75, 3.05) is 18.0 Å². The first-order valence-corrected chi connectivity index (χ1v) is 9.04. The average Bonchev–Trinajstić information content (AvgIpc) is 2.68. The lowest BCUT2D eigenvalue weighted by Crippen LogP contribution is -2.45. The lowest BCUT2D eigenvalue weighted by molar-refractivity contribution is -0.385. The van der Waals surface area contributed by atoms with Crippen LogP contribution in [-0.2, 0) is 17.4 Å². The number of carbonyl (C=O) groups is 1. The molecule has 0 radical (unpaired) electrons. The Labute approximate surface area is 164 Å². The minimum Gasteiger partial charge on any atom is -0.356 e. The molecule has 1 aliphatic heterocycles. The number of piperidine rings is 1. The number of amides is 1. The molecule has 154 valence electrons. The van der Waals surface area contributed by atoms with E-state index in [0.717, 1.165) is 12.3 Å². The van der Waals surface area contributed by atoms with E-state index in [2.05, 4.69) is 10.3 Å². The van der Waals surface area contributed by atoms with Crippen LogP contribution < -0.4 is 10.2 Å². The summed E-state index contributed by atoms with van der Waals surface area (Å²) < 4.78 is 37.9. The minimum atomic E-state index is -4.42. The molecule has 1 aliphatic rings. The van der Waals surface area contributed by atoms with Gasteiger partial charge in [0.25, 0.3) is 5.69 Å². The summed E-state index contributed by atoms with van der Waals surface area (Å²) >= 11 is 0. The van der Waals surface area contributed by atoms with Crippen LogP contribution >= 0.6 is 0 Å². The van der Waals surface area contributed by atoms with Crippen molar-refractivity contribution in [1.29, 1.82) is 0 Å². The molecule has 0 aliphatic carbocycles. The molecule has 7 nitrogen and oxygen atoms in total. The van der Waals surface area contributed by atoms with Gasteiger partial charge >= 0.3 is 6.18 Å². The molecule has 1 fully saturated rings. The summed E-state index contributed by atoms with van der Waals surface area (Å²) in [6.45, 7) is 1.07. The number of hydrogen-bond donors (Lipinski definition) is 1. The highest BCUT2D eigenvalue weighted by Crippen LogP contribution is 2.29. The lowest BCUT2D eigenvalue weighted by Gasteiger charge is -2.33. The molecule has 10 heteroatoms. The fraction of sp³-hybridized carbons (Fsp3) is 0.368. The lowest BCUT2D eigenvalue weighted by atomic mass is 10.0. The summed E-state index contributed by atoms with van der Waals surface area (Å²) in [6.07, 6.45) is -2.49. The summed E-state index contributed by atoms with van der Waals surface area (Å²) in [5, 5.41) is 13.9. The first-order chi connectivity index (χ1) is 13.7. The molecule has 2 aromatic rings. The molecule has 1 saturated heterocycles. The van der Waals surface area contributed by atoms with Gasteiger partial charge in [0.15, 0.2) is 0 Å². The second-order valence-electron chi connectivity index (χ2n) is 6.79. The average molecular weight is 408 g/mol. The van der Waals surface area contributed by atoms with Crippen LogP contribution in [0.5, 0.6) is 0 Å². The second-order valence-corrected chi connectivity index (χ2v) is 6.79. The predicted octanol–water partition coefficient (Wildman–Crippen LogP) is 3.34. The number of anilines is 1. The third-order valence-corrected chi connectivity index (χ3v) is 4.80. The zero-order valence-electron chi connectivity index (χ0n) is 15.4. The molecule has 3 rings (SSSR count). The molecule has 0 unspecified atom stereocenters. The Balaban J connectivity index is 1.52. The van der Waals surface area contributed by atoms with Gasteiger partial charge in [0.05, 0.1) is 16.9 Å². The first-order valence-electron chi connectivity index (χ1n) is 9.04. The summed E-state index contributed by atoms with van der Waals surface area (Å²) in [6, 6.07) is 8.35. The third kappa shape index (κ3) is 5.21. The molecule has 1 aromatic heterocycles. The number of aromatic nitrogens is 1. The van der Waals surface area contributed by atoms with Gasteiger partial charge in [0, 0.05) is 37.0 Å². The maximum absolute atomic E-state index is 12.6. The van der Waals surface area contributed by atoms with E-state index >= 15 is 0 Å². The Bertz CT molecular complexity index is 879. The Morgan fingerprint density at radius 3 is 2.48 bits per heavy atom. The molecule has 29 heavy (non-hydrogen) atoms. The van der Waals surface area contributed by atoms with Crippen LogP contribution in [0.25, 0.3) is 0 Å². The molecule has 1 aromatic carbocycles. The van der Waals surface area contributed by atoms with E-state index in [1.807, 2.05) is 4.90 Å². The van der Waals surface area contributed by atoms with Gasteiger partial charge in [-0.05, 0) is 25.0 Å². The molecule has 1 amide bonds. The summed E-state index contributed by atoms with van der Waals surface area (Å²) in [4.78, 5) is 28.6. The van der Waals surface area contributed by atoms with Gasteiger partial charge in [-0.15, -0.1) is 0 Å².